The number of aryl methyl sites for hydroxylation is 1. The first kappa shape index (κ1) is 12.3. The second-order valence-corrected chi connectivity index (χ2v) is 2.96. The van der Waals surface area contributed by atoms with Gasteiger partial charge in [-0.15, -0.1) is 0 Å². The molecule has 0 unspecified atom stereocenters. The molecule has 3 nitrogen and oxygen atoms in total. The van der Waals surface area contributed by atoms with Crippen LogP contribution in [-0.2, 0) is 7.05 Å². The molecule has 0 saturated carbocycles. The zero-order chi connectivity index (χ0) is 9.14. The Morgan fingerprint density at radius 2 is 2.08 bits per heavy atom. The lowest BCUT2D eigenvalue weighted by molar-refractivity contribution is -0.671. The molecule has 0 bridgehead atoms. The van der Waals surface area contributed by atoms with E-state index in [1.165, 1.54) is 0 Å². The highest BCUT2D eigenvalue weighted by Crippen LogP contribution is 1.97. The summed E-state index contributed by atoms with van der Waals surface area (Å²) in [7, 11) is 5.39. The number of halogens is 1. The second-order valence-electron chi connectivity index (χ2n) is 2.96. The van der Waals surface area contributed by atoms with Crippen molar-refractivity contribution in [2.75, 3.05) is 14.1 Å². The summed E-state index contributed by atoms with van der Waals surface area (Å²) in [5.74, 6) is 0.0335. The molecule has 0 aliphatic carbocycles. The molecule has 1 heterocycles. The second kappa shape index (κ2) is 5.16. The number of aromatic nitrogens is 1. The van der Waals surface area contributed by atoms with Gasteiger partial charge in [-0.25, -0.2) is 4.57 Å². The highest BCUT2D eigenvalue weighted by atomic mass is 127. The lowest BCUT2D eigenvalue weighted by atomic mass is 10.2. The fraction of sp³-hybridized carbons (Fsp3) is 0.333. The maximum Gasteiger partial charge on any atom is 0.259 e. The maximum atomic E-state index is 11.4. The number of amides is 1. The van der Waals surface area contributed by atoms with Crippen LogP contribution >= 0.6 is 0 Å². The van der Waals surface area contributed by atoms with E-state index in [4.69, 9.17) is 0 Å². The Kier molecular flexibility index (Phi) is 4.90. The van der Waals surface area contributed by atoms with Crippen molar-refractivity contribution < 1.29 is 33.3 Å². The molecule has 72 valence electrons. The van der Waals surface area contributed by atoms with Gasteiger partial charge in [-0.3, -0.25) is 4.79 Å². The molecule has 0 fully saturated rings. The van der Waals surface area contributed by atoms with Crippen molar-refractivity contribution in [3.8, 4) is 0 Å². The Bertz CT molecular complexity index is 299. The van der Waals surface area contributed by atoms with Crippen LogP contribution in [0.15, 0.2) is 24.5 Å². The maximum absolute atomic E-state index is 11.4. The van der Waals surface area contributed by atoms with Crippen molar-refractivity contribution in [2.45, 2.75) is 0 Å². The third kappa shape index (κ3) is 3.30. The highest BCUT2D eigenvalue weighted by molar-refractivity contribution is 5.93. The quantitative estimate of drug-likeness (QED) is 0.406. The Balaban J connectivity index is 0.00000144. The molecule has 0 aromatic carbocycles. The topological polar surface area (TPSA) is 24.2 Å². The van der Waals surface area contributed by atoms with Gasteiger partial charge in [-0.1, -0.05) is 0 Å². The van der Waals surface area contributed by atoms with Crippen molar-refractivity contribution in [1.82, 2.24) is 4.90 Å². The minimum atomic E-state index is 0. The van der Waals surface area contributed by atoms with Crippen molar-refractivity contribution in [3.63, 3.8) is 0 Å². The molecular weight excluding hydrogens is 279 g/mol. The van der Waals surface area contributed by atoms with Crippen molar-refractivity contribution >= 4 is 5.91 Å². The summed E-state index contributed by atoms with van der Waals surface area (Å²) in [6.45, 7) is 0. The number of rotatable bonds is 1. The van der Waals surface area contributed by atoms with E-state index in [2.05, 4.69) is 0 Å². The van der Waals surface area contributed by atoms with Gasteiger partial charge >= 0.3 is 0 Å². The smallest absolute Gasteiger partial charge is 0.259 e. The predicted octanol–water partition coefficient (Wildman–Crippen LogP) is -2.78. The summed E-state index contributed by atoms with van der Waals surface area (Å²) in [5, 5.41) is 0. The summed E-state index contributed by atoms with van der Waals surface area (Å²) in [5.41, 5.74) is 0.713. The molecule has 0 aliphatic rings. The monoisotopic (exact) mass is 292 g/mol. The molecule has 4 heteroatoms. The molecule has 1 rings (SSSR count). The molecule has 0 saturated heterocycles. The van der Waals surface area contributed by atoms with Gasteiger partial charge in [0.25, 0.3) is 5.91 Å². The SMILES string of the molecule is CN(C)C(=O)c1ccc[n+](C)c1.[I-]. The summed E-state index contributed by atoms with van der Waals surface area (Å²) in [4.78, 5) is 13.0. The average Bonchev–Trinajstić information content (AvgIpc) is 2.03. The fourth-order valence-corrected chi connectivity index (χ4v) is 0.973. The van der Waals surface area contributed by atoms with Gasteiger partial charge in [0, 0.05) is 20.2 Å². The molecule has 1 aromatic heterocycles. The van der Waals surface area contributed by atoms with Crippen molar-refractivity contribution in [1.29, 1.82) is 0 Å². The summed E-state index contributed by atoms with van der Waals surface area (Å²) in [6, 6.07) is 3.67. The van der Waals surface area contributed by atoms with Crippen LogP contribution in [0.2, 0.25) is 0 Å². The van der Waals surface area contributed by atoms with Gasteiger partial charge in [-0.05, 0) is 6.07 Å². The van der Waals surface area contributed by atoms with Crippen LogP contribution in [0.25, 0.3) is 0 Å². The van der Waals surface area contributed by atoms with Crippen molar-refractivity contribution in [2.24, 2.45) is 7.05 Å². The van der Waals surface area contributed by atoms with E-state index in [9.17, 15) is 4.79 Å². The van der Waals surface area contributed by atoms with Crippen LogP contribution in [0, 0.1) is 0 Å². The first-order valence-electron chi connectivity index (χ1n) is 3.78. The van der Waals surface area contributed by atoms with E-state index < -0.39 is 0 Å². The first-order valence-corrected chi connectivity index (χ1v) is 3.78. The van der Waals surface area contributed by atoms with E-state index in [1.54, 1.807) is 19.0 Å². The Labute approximate surface area is 95.4 Å². The van der Waals surface area contributed by atoms with E-state index in [1.807, 2.05) is 36.1 Å². The lowest BCUT2D eigenvalue weighted by Gasteiger charge is -2.07. The first-order chi connectivity index (χ1) is 5.61. The minimum Gasteiger partial charge on any atom is -1.00 e. The van der Waals surface area contributed by atoms with Crippen LogP contribution in [0.4, 0.5) is 0 Å². The largest absolute Gasteiger partial charge is 1.00 e. The highest BCUT2D eigenvalue weighted by Gasteiger charge is 2.09. The van der Waals surface area contributed by atoms with Crippen LogP contribution in [-0.4, -0.2) is 24.9 Å². The Morgan fingerprint density at radius 3 is 2.54 bits per heavy atom. The van der Waals surface area contributed by atoms with Crippen LogP contribution in [0.5, 0.6) is 0 Å². The normalized spacial score (nSPS) is 8.85. The summed E-state index contributed by atoms with van der Waals surface area (Å²) < 4.78 is 1.86. The van der Waals surface area contributed by atoms with Gasteiger partial charge < -0.3 is 28.9 Å². The summed E-state index contributed by atoms with van der Waals surface area (Å²) >= 11 is 0. The third-order valence-corrected chi connectivity index (χ3v) is 1.59. The Morgan fingerprint density at radius 1 is 1.46 bits per heavy atom. The lowest BCUT2D eigenvalue weighted by Crippen LogP contribution is -3.00. The van der Waals surface area contributed by atoms with Gasteiger partial charge in [-0.2, -0.15) is 0 Å². The van der Waals surface area contributed by atoms with Crippen LogP contribution < -0.4 is 28.5 Å². The van der Waals surface area contributed by atoms with Crippen LogP contribution in [0.3, 0.4) is 0 Å². The van der Waals surface area contributed by atoms with Gasteiger partial charge in [0.1, 0.15) is 12.6 Å². The fourth-order valence-electron chi connectivity index (χ4n) is 0.973. The number of nitrogens with zero attached hydrogens (tertiary/aromatic N) is 2. The van der Waals surface area contributed by atoms with Crippen LogP contribution in [0.1, 0.15) is 10.4 Å². The number of carbonyl (C=O) groups excluding carboxylic acids is 1. The molecule has 0 N–H and O–H groups in total. The molecule has 0 radical (unpaired) electrons. The average molecular weight is 292 g/mol. The number of carbonyl (C=O) groups is 1. The van der Waals surface area contributed by atoms with E-state index in [0.29, 0.717) is 5.56 Å². The third-order valence-electron chi connectivity index (χ3n) is 1.59. The number of hydrogen-bond donors (Lipinski definition) is 0. The standard InChI is InChI=1S/C9H13N2O.HI/c1-10(2)9(12)8-5-4-6-11(3)7-8;/h4-7H,1-3H3;1H/q+1;/p-1. The van der Waals surface area contributed by atoms with Gasteiger partial charge in [0.15, 0.2) is 12.4 Å². The van der Waals surface area contributed by atoms with E-state index in [-0.39, 0.29) is 29.9 Å². The number of pyridine rings is 1. The molecular formula is C9H13IN2O. The van der Waals surface area contributed by atoms with E-state index in [0.717, 1.165) is 0 Å². The summed E-state index contributed by atoms with van der Waals surface area (Å²) in [6.07, 6.45) is 3.70. The molecule has 13 heavy (non-hydrogen) atoms. The predicted molar refractivity (Wildman–Crippen MR) is 45.6 cm³/mol. The zero-order valence-corrected chi connectivity index (χ0v) is 10.1. The molecule has 0 aliphatic heterocycles. The van der Waals surface area contributed by atoms with E-state index >= 15 is 0 Å². The molecule has 0 atom stereocenters. The Hall–Kier alpha value is -0.650. The van der Waals surface area contributed by atoms with Crippen molar-refractivity contribution in [3.05, 3.63) is 30.1 Å². The molecule has 0 spiro atoms. The van der Waals surface area contributed by atoms with Gasteiger partial charge in [0.05, 0.1) is 0 Å². The zero-order valence-electron chi connectivity index (χ0n) is 7.99. The van der Waals surface area contributed by atoms with Gasteiger partial charge in [0.2, 0.25) is 0 Å². The number of hydrogen-bond acceptors (Lipinski definition) is 1. The molecule has 1 amide bonds. The molecule has 1 aromatic rings. The minimum absolute atomic E-state index is 0.